The largest absolute Gasteiger partial charge is 0.456 e. The average Bonchev–Trinajstić information content (AvgIpc) is 4.01. The number of benzene rings is 10. The molecule has 4 nitrogen and oxygen atoms in total. The second-order valence-electron chi connectivity index (χ2n) is 16.5. The van der Waals surface area contributed by atoms with Crippen molar-refractivity contribution >= 4 is 119 Å². The van der Waals surface area contributed by atoms with Gasteiger partial charge in [-0.25, -0.2) is 0 Å². The van der Waals surface area contributed by atoms with Gasteiger partial charge in [-0.2, -0.15) is 0 Å². The summed E-state index contributed by atoms with van der Waals surface area (Å²) >= 11 is 1.85. The second-order valence-corrected chi connectivity index (χ2v) is 17.6. The molecular weight excluding hydrogens is 787 g/mol. The highest BCUT2D eigenvalue weighted by molar-refractivity contribution is 7.25. The maximum atomic E-state index is 6.45. The number of thiophene rings is 1. The summed E-state index contributed by atoms with van der Waals surface area (Å²) in [4.78, 5) is 0. The van der Waals surface area contributed by atoms with Crippen LogP contribution in [-0.4, -0.2) is 13.7 Å². The zero-order chi connectivity index (χ0) is 41.2. The average molecular weight is 822 g/mol. The van der Waals surface area contributed by atoms with Crippen molar-refractivity contribution in [3.8, 4) is 17.1 Å². The molecule has 8 bridgehead atoms. The molecule has 0 N–H and O–H groups in total. The van der Waals surface area contributed by atoms with E-state index in [1.165, 1.54) is 47.2 Å². The van der Waals surface area contributed by atoms with E-state index in [9.17, 15) is 0 Å². The van der Waals surface area contributed by atoms with Gasteiger partial charge in [-0.1, -0.05) is 109 Å². The van der Waals surface area contributed by atoms with Crippen LogP contribution in [0.2, 0.25) is 0 Å². The van der Waals surface area contributed by atoms with E-state index in [4.69, 9.17) is 4.42 Å². The Morgan fingerprint density at radius 2 is 0.889 bits per heavy atom. The second kappa shape index (κ2) is 13.2. The highest BCUT2D eigenvalue weighted by atomic mass is 32.1. The Bertz CT molecular complexity index is 4280. The Morgan fingerprint density at radius 3 is 1.70 bits per heavy atom. The normalized spacial score (nSPS) is 12.1. The van der Waals surface area contributed by atoms with Gasteiger partial charge in [0.2, 0.25) is 0 Å². The molecule has 0 saturated carbocycles. The van der Waals surface area contributed by atoms with Crippen molar-refractivity contribution in [1.82, 2.24) is 13.7 Å². The maximum absolute atomic E-state index is 6.45. The van der Waals surface area contributed by atoms with Gasteiger partial charge in [-0.05, 0) is 113 Å². The first-order valence-corrected chi connectivity index (χ1v) is 22.2. The minimum atomic E-state index is 0.873. The molecule has 0 fully saturated rings. The minimum absolute atomic E-state index is 0.873. The summed E-state index contributed by atoms with van der Waals surface area (Å²) in [7, 11) is 0. The lowest BCUT2D eigenvalue weighted by Crippen LogP contribution is -2.02. The molecule has 14 rings (SSSR count). The van der Waals surface area contributed by atoms with E-state index in [1.807, 2.05) is 23.5 Å². The van der Waals surface area contributed by atoms with Crippen molar-refractivity contribution in [2.75, 3.05) is 0 Å². The van der Waals surface area contributed by atoms with E-state index >= 15 is 0 Å². The monoisotopic (exact) mass is 821 g/mol. The molecule has 63 heavy (non-hydrogen) atoms. The van der Waals surface area contributed by atoms with Gasteiger partial charge in [0.15, 0.2) is 0 Å². The van der Waals surface area contributed by atoms with Crippen LogP contribution in [0.5, 0.6) is 0 Å². The molecular formula is C58H35N3OS. The Balaban J connectivity index is 1.13. The van der Waals surface area contributed by atoms with E-state index in [1.54, 1.807) is 0 Å². The quantitative estimate of drug-likeness (QED) is 0.174. The third kappa shape index (κ3) is 5.15. The van der Waals surface area contributed by atoms with E-state index in [0.29, 0.717) is 0 Å². The molecule has 4 aromatic heterocycles. The third-order valence-electron chi connectivity index (χ3n) is 13.0. The SMILES string of the molecule is c1ccc2c(-n3c4ccccc4c4cccc(-n5c6cccc(c6)c6cccc(c6)n(-c6ccc7c(c6)oc6ccccc67)c6ccc7sc8ccc5cc8c7c6)c43)cccc2c1. The number of hydrogen-bond donors (Lipinski definition) is 0. The number of furan rings is 1. The van der Waals surface area contributed by atoms with Gasteiger partial charge in [-0.3, -0.25) is 0 Å². The molecule has 0 amide bonds. The zero-order valence-electron chi connectivity index (χ0n) is 33.9. The maximum Gasteiger partial charge on any atom is 0.137 e. The first-order chi connectivity index (χ1) is 31.2. The fourth-order valence-electron chi connectivity index (χ4n) is 10.2. The molecule has 0 atom stereocenters. The summed E-state index contributed by atoms with van der Waals surface area (Å²) in [5, 5.41) is 11.9. The number of fused-ring (bicyclic) bond motifs is 14. The van der Waals surface area contributed by atoms with E-state index in [0.717, 1.165) is 77.4 Å². The Morgan fingerprint density at radius 1 is 0.317 bits per heavy atom. The van der Waals surface area contributed by atoms with Crippen LogP contribution in [0, 0.1) is 0 Å². The molecule has 294 valence electrons. The molecule has 0 unspecified atom stereocenters. The number of rotatable bonds is 3. The number of hydrogen-bond acceptors (Lipinski definition) is 2. The minimum Gasteiger partial charge on any atom is -0.456 e. The van der Waals surface area contributed by atoms with Crippen LogP contribution in [0.4, 0.5) is 0 Å². The summed E-state index contributed by atoms with van der Waals surface area (Å²) in [5.74, 6) is 0. The first-order valence-electron chi connectivity index (χ1n) is 21.4. The van der Waals surface area contributed by atoms with Crippen LogP contribution in [0.1, 0.15) is 0 Å². The predicted octanol–water partition coefficient (Wildman–Crippen LogP) is 16.4. The van der Waals surface area contributed by atoms with Crippen LogP contribution in [0.25, 0.3) is 125 Å². The summed E-state index contributed by atoms with van der Waals surface area (Å²) < 4.78 is 16.3. The van der Waals surface area contributed by atoms with Gasteiger partial charge >= 0.3 is 0 Å². The van der Waals surface area contributed by atoms with Gasteiger partial charge < -0.3 is 18.1 Å². The number of nitrogens with zero attached hydrogens (tertiary/aromatic N) is 3. The standard InChI is InChI=1S/C58H35N3OS/c1-2-17-44-36(11-1)12-9-22-51(44)61-52-21-5-3-18-45(52)48-20-10-23-53(58(48)61)60-40-16-8-14-38(32-40)37-13-7-15-39(31-37)59(43-25-28-47-46-19-4-6-24-54(46)62-55(47)35-43)41-26-29-56-49(33-41)50-34-42(60)27-30-57(50)63-56/h1-35H. The highest BCUT2D eigenvalue weighted by Gasteiger charge is 2.19. The van der Waals surface area contributed by atoms with Gasteiger partial charge in [0, 0.05) is 80.9 Å². The lowest BCUT2D eigenvalue weighted by atomic mass is 10.1. The van der Waals surface area contributed by atoms with Crippen molar-refractivity contribution < 1.29 is 4.42 Å². The van der Waals surface area contributed by atoms with Crippen molar-refractivity contribution in [2.45, 2.75) is 0 Å². The van der Waals surface area contributed by atoms with Crippen LogP contribution in [0.3, 0.4) is 0 Å². The summed E-state index contributed by atoms with van der Waals surface area (Å²) in [6.45, 7) is 0. The molecule has 4 heterocycles. The summed E-state index contributed by atoms with van der Waals surface area (Å²) in [6.07, 6.45) is 0. The molecule has 0 aliphatic heterocycles. The molecule has 0 radical (unpaired) electrons. The van der Waals surface area contributed by atoms with E-state index < -0.39 is 0 Å². The molecule has 5 heteroatoms. The van der Waals surface area contributed by atoms with Crippen molar-refractivity contribution in [2.24, 2.45) is 0 Å². The van der Waals surface area contributed by atoms with Gasteiger partial charge in [0.1, 0.15) is 11.2 Å². The predicted molar refractivity (Wildman–Crippen MR) is 267 cm³/mol. The smallest absolute Gasteiger partial charge is 0.137 e. The Hall–Kier alpha value is -8.12. The molecule has 0 aliphatic carbocycles. The highest BCUT2D eigenvalue weighted by Crippen LogP contribution is 2.41. The third-order valence-corrected chi connectivity index (χ3v) is 14.2. The zero-order valence-corrected chi connectivity index (χ0v) is 34.7. The fraction of sp³-hybridized carbons (Fsp3) is 0. The van der Waals surface area contributed by atoms with Crippen molar-refractivity contribution in [3.05, 3.63) is 212 Å². The molecule has 0 saturated heterocycles. The van der Waals surface area contributed by atoms with Crippen molar-refractivity contribution in [1.29, 1.82) is 0 Å². The molecule has 0 spiro atoms. The van der Waals surface area contributed by atoms with Crippen LogP contribution >= 0.6 is 11.3 Å². The lowest BCUT2D eigenvalue weighted by Gasteiger charge is -2.17. The topological polar surface area (TPSA) is 27.9 Å². The van der Waals surface area contributed by atoms with Gasteiger partial charge in [0.25, 0.3) is 0 Å². The van der Waals surface area contributed by atoms with Gasteiger partial charge in [0.05, 0.1) is 22.4 Å². The van der Waals surface area contributed by atoms with Crippen LogP contribution in [0.15, 0.2) is 217 Å². The first kappa shape index (κ1) is 34.6. The fourth-order valence-corrected chi connectivity index (χ4v) is 11.3. The van der Waals surface area contributed by atoms with Crippen LogP contribution in [-0.2, 0) is 0 Å². The summed E-state index contributed by atoms with van der Waals surface area (Å²) in [6, 6.07) is 77.9. The number of aromatic nitrogens is 3. The number of para-hydroxylation sites is 3. The van der Waals surface area contributed by atoms with E-state index in [2.05, 4.69) is 214 Å². The van der Waals surface area contributed by atoms with Gasteiger partial charge in [-0.15, -0.1) is 11.3 Å². The lowest BCUT2D eigenvalue weighted by molar-refractivity contribution is 0.668. The molecule has 14 aromatic rings. The van der Waals surface area contributed by atoms with Crippen LogP contribution < -0.4 is 0 Å². The molecule has 10 aromatic carbocycles. The Kier molecular flexibility index (Phi) is 7.24. The Labute approximate surface area is 364 Å². The van der Waals surface area contributed by atoms with Crippen molar-refractivity contribution in [3.63, 3.8) is 0 Å². The van der Waals surface area contributed by atoms with E-state index in [-0.39, 0.29) is 0 Å². The summed E-state index contributed by atoms with van der Waals surface area (Å²) in [5.41, 5.74) is 11.8. The molecule has 0 aliphatic rings.